The smallest absolute Gasteiger partial charge is 0.219 e. The molecule has 3 heterocycles. The minimum absolute atomic E-state index is 0.209. The van der Waals surface area contributed by atoms with E-state index in [1.165, 1.54) is 5.52 Å². The molecule has 2 aromatic rings. The van der Waals surface area contributed by atoms with Crippen LogP contribution in [0.3, 0.4) is 0 Å². The maximum atomic E-state index is 11.6. The molecule has 2 aliphatic heterocycles. The second-order valence-electron chi connectivity index (χ2n) is 7.21. The third-order valence-electron chi connectivity index (χ3n) is 5.31. The van der Waals surface area contributed by atoms with Crippen molar-refractivity contribution in [2.75, 3.05) is 31.1 Å². The van der Waals surface area contributed by atoms with Crippen molar-refractivity contribution in [3.63, 3.8) is 0 Å². The van der Waals surface area contributed by atoms with Gasteiger partial charge in [0, 0.05) is 51.0 Å². The fourth-order valence-corrected chi connectivity index (χ4v) is 4.18. The van der Waals surface area contributed by atoms with E-state index in [-0.39, 0.29) is 5.91 Å². The Balaban J connectivity index is 1.64. The summed E-state index contributed by atoms with van der Waals surface area (Å²) in [7, 11) is 0. The third kappa shape index (κ3) is 2.30. The summed E-state index contributed by atoms with van der Waals surface area (Å²) in [5, 5.41) is 0. The van der Waals surface area contributed by atoms with Crippen molar-refractivity contribution in [3.8, 4) is 0 Å². The molecule has 2 atom stereocenters. The van der Waals surface area contributed by atoms with Gasteiger partial charge in [0.1, 0.15) is 0 Å². The van der Waals surface area contributed by atoms with Gasteiger partial charge in [0.15, 0.2) is 0 Å². The van der Waals surface area contributed by atoms with Gasteiger partial charge in [-0.3, -0.25) is 4.79 Å². The summed E-state index contributed by atoms with van der Waals surface area (Å²) in [6, 6.07) is 8.75. The molecule has 5 heteroatoms. The molecular weight excluding hydrogens is 288 g/mol. The number of hydrogen-bond donors (Lipinski definition) is 0. The van der Waals surface area contributed by atoms with Crippen molar-refractivity contribution in [2.45, 2.75) is 26.8 Å². The molecule has 0 radical (unpaired) electrons. The molecule has 2 fully saturated rings. The molecule has 122 valence electrons. The van der Waals surface area contributed by atoms with Gasteiger partial charge in [-0.05, 0) is 26.0 Å². The van der Waals surface area contributed by atoms with Crippen molar-refractivity contribution in [1.82, 2.24) is 14.5 Å². The van der Waals surface area contributed by atoms with E-state index in [4.69, 9.17) is 4.98 Å². The van der Waals surface area contributed by atoms with Gasteiger partial charge < -0.3 is 14.4 Å². The highest BCUT2D eigenvalue weighted by molar-refractivity contribution is 5.79. The summed E-state index contributed by atoms with van der Waals surface area (Å²) in [4.78, 5) is 20.9. The lowest BCUT2D eigenvalue weighted by molar-refractivity contribution is -0.128. The first kappa shape index (κ1) is 14.5. The largest absolute Gasteiger partial charge is 0.342 e. The first-order valence-corrected chi connectivity index (χ1v) is 8.52. The number of rotatable bonds is 2. The molecule has 4 rings (SSSR count). The Morgan fingerprint density at radius 3 is 2.39 bits per heavy atom. The van der Waals surface area contributed by atoms with Crippen LogP contribution in [0.4, 0.5) is 5.95 Å². The van der Waals surface area contributed by atoms with Crippen LogP contribution >= 0.6 is 0 Å². The normalized spacial score (nSPS) is 24.0. The monoisotopic (exact) mass is 312 g/mol. The Hall–Kier alpha value is -2.04. The zero-order valence-electron chi connectivity index (χ0n) is 14.1. The number of likely N-dealkylation sites (tertiary alicyclic amines) is 1. The first-order chi connectivity index (χ1) is 11.0. The van der Waals surface area contributed by atoms with E-state index in [9.17, 15) is 4.79 Å². The van der Waals surface area contributed by atoms with Gasteiger partial charge in [-0.25, -0.2) is 4.98 Å². The average molecular weight is 312 g/mol. The first-order valence-electron chi connectivity index (χ1n) is 8.52. The number of benzene rings is 1. The fourth-order valence-electron chi connectivity index (χ4n) is 4.18. The molecule has 1 amide bonds. The maximum absolute atomic E-state index is 11.6. The molecule has 0 bridgehead atoms. The van der Waals surface area contributed by atoms with Crippen molar-refractivity contribution in [3.05, 3.63) is 24.3 Å². The van der Waals surface area contributed by atoms with Gasteiger partial charge in [-0.2, -0.15) is 0 Å². The number of carbonyl (C=O) groups excluding carboxylic acids is 1. The van der Waals surface area contributed by atoms with Crippen LogP contribution in [0.15, 0.2) is 24.3 Å². The molecule has 2 aliphatic rings. The number of aromatic nitrogens is 2. The summed E-state index contributed by atoms with van der Waals surface area (Å²) in [5.41, 5.74) is 2.28. The highest BCUT2D eigenvalue weighted by Crippen LogP contribution is 2.36. The SMILES string of the molecule is CC(=O)N1CC2CN(c3nc4ccccc4n3C(C)C)CC2C1. The van der Waals surface area contributed by atoms with Gasteiger partial charge in [-0.1, -0.05) is 12.1 Å². The fraction of sp³-hybridized carbons (Fsp3) is 0.556. The predicted molar refractivity (Wildman–Crippen MR) is 91.6 cm³/mol. The van der Waals surface area contributed by atoms with E-state index < -0.39 is 0 Å². The predicted octanol–water partition coefficient (Wildman–Crippen LogP) is 2.53. The number of amides is 1. The number of carbonyl (C=O) groups is 1. The van der Waals surface area contributed by atoms with Crippen LogP contribution in [-0.4, -0.2) is 46.5 Å². The molecular formula is C18H24N4O. The number of hydrogen-bond acceptors (Lipinski definition) is 3. The van der Waals surface area contributed by atoms with Crippen molar-refractivity contribution >= 4 is 22.9 Å². The molecule has 1 aromatic carbocycles. The molecule has 1 aromatic heterocycles. The molecule has 2 saturated heterocycles. The number of nitrogens with zero attached hydrogens (tertiary/aromatic N) is 4. The summed E-state index contributed by atoms with van der Waals surface area (Å²) >= 11 is 0. The molecule has 0 N–H and O–H groups in total. The van der Waals surface area contributed by atoms with E-state index in [1.54, 1.807) is 6.92 Å². The Morgan fingerprint density at radius 2 is 1.78 bits per heavy atom. The number of para-hydroxylation sites is 2. The van der Waals surface area contributed by atoms with Crippen molar-refractivity contribution in [1.29, 1.82) is 0 Å². The van der Waals surface area contributed by atoms with Gasteiger partial charge in [0.2, 0.25) is 11.9 Å². The number of imidazole rings is 1. The van der Waals surface area contributed by atoms with Gasteiger partial charge >= 0.3 is 0 Å². The van der Waals surface area contributed by atoms with E-state index in [0.717, 1.165) is 37.6 Å². The van der Waals surface area contributed by atoms with Gasteiger partial charge in [-0.15, -0.1) is 0 Å². The number of fused-ring (bicyclic) bond motifs is 2. The minimum atomic E-state index is 0.209. The molecule has 0 saturated carbocycles. The van der Waals surface area contributed by atoms with Crippen LogP contribution in [0.1, 0.15) is 26.8 Å². The van der Waals surface area contributed by atoms with Crippen LogP contribution in [0.2, 0.25) is 0 Å². The van der Waals surface area contributed by atoms with Crippen LogP contribution in [-0.2, 0) is 4.79 Å². The van der Waals surface area contributed by atoms with E-state index >= 15 is 0 Å². The summed E-state index contributed by atoms with van der Waals surface area (Å²) in [6.07, 6.45) is 0. The van der Waals surface area contributed by atoms with Crippen molar-refractivity contribution < 1.29 is 4.79 Å². The summed E-state index contributed by atoms with van der Waals surface area (Å²) < 4.78 is 2.35. The Labute approximate surface area is 136 Å². The highest BCUT2D eigenvalue weighted by Gasteiger charge is 2.42. The lowest BCUT2D eigenvalue weighted by atomic mass is 10.0. The van der Waals surface area contributed by atoms with Crippen LogP contribution in [0, 0.1) is 11.8 Å². The highest BCUT2D eigenvalue weighted by atomic mass is 16.2. The zero-order valence-corrected chi connectivity index (χ0v) is 14.1. The topological polar surface area (TPSA) is 41.4 Å². The molecule has 5 nitrogen and oxygen atoms in total. The summed E-state index contributed by atoms with van der Waals surface area (Å²) in [5.74, 6) is 2.46. The Morgan fingerprint density at radius 1 is 1.13 bits per heavy atom. The van der Waals surface area contributed by atoms with Crippen LogP contribution < -0.4 is 4.90 Å². The van der Waals surface area contributed by atoms with E-state index in [0.29, 0.717) is 17.9 Å². The molecule has 23 heavy (non-hydrogen) atoms. The lowest BCUT2D eigenvalue weighted by Crippen LogP contribution is -2.32. The van der Waals surface area contributed by atoms with Gasteiger partial charge in [0.05, 0.1) is 11.0 Å². The van der Waals surface area contributed by atoms with Crippen LogP contribution in [0.5, 0.6) is 0 Å². The molecule has 0 spiro atoms. The van der Waals surface area contributed by atoms with E-state index in [1.807, 2.05) is 11.0 Å². The Bertz CT molecular complexity index is 737. The van der Waals surface area contributed by atoms with Crippen LogP contribution in [0.25, 0.3) is 11.0 Å². The summed E-state index contributed by atoms with van der Waals surface area (Å²) in [6.45, 7) is 9.92. The maximum Gasteiger partial charge on any atom is 0.219 e. The van der Waals surface area contributed by atoms with Gasteiger partial charge in [0.25, 0.3) is 0 Å². The average Bonchev–Trinajstić information content (AvgIpc) is 3.16. The minimum Gasteiger partial charge on any atom is -0.342 e. The quantitative estimate of drug-likeness (QED) is 0.856. The third-order valence-corrected chi connectivity index (χ3v) is 5.31. The molecule has 2 unspecified atom stereocenters. The second-order valence-corrected chi connectivity index (χ2v) is 7.21. The van der Waals surface area contributed by atoms with E-state index in [2.05, 4.69) is 41.5 Å². The Kier molecular flexibility index (Phi) is 3.32. The van der Waals surface area contributed by atoms with Crippen molar-refractivity contribution in [2.24, 2.45) is 11.8 Å². The standard InChI is InChI=1S/C18H24N4O/c1-12(2)22-17-7-5-4-6-16(17)19-18(22)21-10-14-8-20(13(3)23)9-15(14)11-21/h4-7,12,14-15H,8-11H2,1-3H3. The second kappa shape index (κ2) is 5.25. The molecule has 0 aliphatic carbocycles. The number of anilines is 1. The lowest BCUT2D eigenvalue weighted by Gasteiger charge is -2.24. The zero-order chi connectivity index (χ0) is 16.1.